The SMILES string of the molecule is O=C(NCc1ccn[nH]1)NC[C@H]1CCN(c2ccccc2)C1. The summed E-state index contributed by atoms with van der Waals surface area (Å²) in [6, 6.07) is 12.1. The Morgan fingerprint density at radius 2 is 2.14 bits per heavy atom. The van der Waals surface area contributed by atoms with Crippen LogP contribution in [0.3, 0.4) is 0 Å². The molecule has 1 aromatic heterocycles. The van der Waals surface area contributed by atoms with Crippen LogP contribution in [0.25, 0.3) is 0 Å². The second-order valence-corrected chi connectivity index (χ2v) is 5.58. The third kappa shape index (κ3) is 3.78. The van der Waals surface area contributed by atoms with E-state index in [9.17, 15) is 4.79 Å². The predicted octanol–water partition coefficient (Wildman–Crippen LogP) is 1.74. The highest BCUT2D eigenvalue weighted by Crippen LogP contribution is 2.22. The van der Waals surface area contributed by atoms with Crippen LogP contribution >= 0.6 is 0 Å². The summed E-state index contributed by atoms with van der Waals surface area (Å²) in [6.45, 7) is 3.21. The molecule has 1 aromatic carbocycles. The highest BCUT2D eigenvalue weighted by molar-refractivity contribution is 5.73. The molecule has 116 valence electrons. The highest BCUT2D eigenvalue weighted by Gasteiger charge is 2.22. The number of hydrogen-bond donors (Lipinski definition) is 3. The summed E-state index contributed by atoms with van der Waals surface area (Å²) < 4.78 is 0. The van der Waals surface area contributed by atoms with Gasteiger partial charge in [0.25, 0.3) is 0 Å². The molecule has 3 N–H and O–H groups in total. The predicted molar refractivity (Wildman–Crippen MR) is 85.6 cm³/mol. The Labute approximate surface area is 129 Å². The van der Waals surface area contributed by atoms with E-state index in [4.69, 9.17) is 0 Å². The number of nitrogens with one attached hydrogen (secondary N) is 3. The van der Waals surface area contributed by atoms with Crippen molar-refractivity contribution in [1.82, 2.24) is 20.8 Å². The minimum atomic E-state index is -0.132. The van der Waals surface area contributed by atoms with Crippen LogP contribution in [-0.2, 0) is 6.54 Å². The largest absolute Gasteiger partial charge is 0.371 e. The van der Waals surface area contributed by atoms with Gasteiger partial charge in [-0.05, 0) is 30.5 Å². The molecule has 1 fully saturated rings. The Morgan fingerprint density at radius 3 is 2.91 bits per heavy atom. The van der Waals surface area contributed by atoms with E-state index < -0.39 is 0 Å². The number of carbonyl (C=O) groups is 1. The minimum Gasteiger partial charge on any atom is -0.371 e. The van der Waals surface area contributed by atoms with E-state index in [1.54, 1.807) is 6.20 Å². The van der Waals surface area contributed by atoms with Gasteiger partial charge in [-0.3, -0.25) is 5.10 Å². The van der Waals surface area contributed by atoms with Crippen molar-refractivity contribution in [3.05, 3.63) is 48.3 Å². The first-order valence-electron chi connectivity index (χ1n) is 7.61. The molecule has 0 bridgehead atoms. The fourth-order valence-corrected chi connectivity index (χ4v) is 2.73. The maximum absolute atomic E-state index is 11.8. The number of nitrogens with zero attached hydrogens (tertiary/aromatic N) is 2. The van der Waals surface area contributed by atoms with E-state index in [0.29, 0.717) is 19.0 Å². The summed E-state index contributed by atoms with van der Waals surface area (Å²) in [4.78, 5) is 14.1. The van der Waals surface area contributed by atoms with Crippen molar-refractivity contribution in [3.8, 4) is 0 Å². The lowest BCUT2D eigenvalue weighted by Gasteiger charge is -2.18. The molecule has 6 heteroatoms. The Balaban J connectivity index is 1.38. The first-order valence-corrected chi connectivity index (χ1v) is 7.61. The third-order valence-electron chi connectivity index (χ3n) is 3.96. The van der Waals surface area contributed by atoms with Crippen LogP contribution in [0.4, 0.5) is 10.5 Å². The molecule has 1 aliphatic heterocycles. The lowest BCUT2D eigenvalue weighted by Crippen LogP contribution is -2.38. The Bertz CT molecular complexity index is 584. The zero-order valence-corrected chi connectivity index (χ0v) is 12.5. The number of H-pyrrole nitrogens is 1. The van der Waals surface area contributed by atoms with Gasteiger partial charge in [0.1, 0.15) is 0 Å². The van der Waals surface area contributed by atoms with Crippen molar-refractivity contribution >= 4 is 11.7 Å². The Morgan fingerprint density at radius 1 is 1.27 bits per heavy atom. The molecule has 0 radical (unpaired) electrons. The zero-order chi connectivity index (χ0) is 15.2. The van der Waals surface area contributed by atoms with E-state index in [0.717, 1.165) is 25.2 Å². The third-order valence-corrected chi connectivity index (χ3v) is 3.96. The molecule has 0 saturated carbocycles. The van der Waals surface area contributed by atoms with Crippen LogP contribution in [0.2, 0.25) is 0 Å². The summed E-state index contributed by atoms with van der Waals surface area (Å²) in [5.74, 6) is 0.498. The molecule has 1 saturated heterocycles. The fourth-order valence-electron chi connectivity index (χ4n) is 2.73. The first kappa shape index (κ1) is 14.4. The van der Waals surface area contributed by atoms with Gasteiger partial charge >= 0.3 is 6.03 Å². The van der Waals surface area contributed by atoms with Gasteiger partial charge in [0.15, 0.2) is 0 Å². The minimum absolute atomic E-state index is 0.132. The standard InChI is InChI=1S/C16H21N5O/c22-16(18-11-14-6-8-19-20-14)17-10-13-7-9-21(12-13)15-4-2-1-3-5-15/h1-6,8,13H,7,9-12H2,(H,19,20)(H2,17,18,22)/t13-/m1/s1. The first-order chi connectivity index (χ1) is 10.8. The zero-order valence-electron chi connectivity index (χ0n) is 12.5. The summed E-state index contributed by atoms with van der Waals surface area (Å²) >= 11 is 0. The average molecular weight is 299 g/mol. The smallest absolute Gasteiger partial charge is 0.315 e. The maximum atomic E-state index is 11.8. The molecule has 0 aliphatic carbocycles. The van der Waals surface area contributed by atoms with Crippen molar-refractivity contribution < 1.29 is 4.79 Å². The van der Waals surface area contributed by atoms with Crippen LogP contribution < -0.4 is 15.5 Å². The highest BCUT2D eigenvalue weighted by atomic mass is 16.2. The molecule has 2 aromatic rings. The van der Waals surface area contributed by atoms with Crippen LogP contribution in [-0.4, -0.2) is 35.9 Å². The van der Waals surface area contributed by atoms with Crippen molar-refractivity contribution in [2.45, 2.75) is 13.0 Å². The molecule has 2 heterocycles. The number of aromatic nitrogens is 2. The molecule has 6 nitrogen and oxygen atoms in total. The van der Waals surface area contributed by atoms with Crippen molar-refractivity contribution in [3.63, 3.8) is 0 Å². The van der Waals surface area contributed by atoms with E-state index >= 15 is 0 Å². The van der Waals surface area contributed by atoms with E-state index in [-0.39, 0.29) is 6.03 Å². The molecular formula is C16H21N5O. The number of amides is 2. The van der Waals surface area contributed by atoms with Gasteiger partial charge in [-0.2, -0.15) is 5.10 Å². The van der Waals surface area contributed by atoms with E-state index in [1.807, 2.05) is 12.1 Å². The lowest BCUT2D eigenvalue weighted by atomic mass is 10.1. The number of hydrogen-bond acceptors (Lipinski definition) is 3. The number of carbonyl (C=O) groups excluding carboxylic acids is 1. The molecule has 3 rings (SSSR count). The lowest BCUT2D eigenvalue weighted by molar-refractivity contribution is 0.239. The van der Waals surface area contributed by atoms with Gasteiger partial charge < -0.3 is 15.5 Å². The topological polar surface area (TPSA) is 73.0 Å². The number of rotatable bonds is 5. The quantitative estimate of drug-likeness (QED) is 0.787. The molecule has 0 unspecified atom stereocenters. The van der Waals surface area contributed by atoms with Crippen molar-refractivity contribution in [2.75, 3.05) is 24.5 Å². The molecular weight excluding hydrogens is 278 g/mol. The van der Waals surface area contributed by atoms with Gasteiger partial charge in [0, 0.05) is 31.5 Å². The molecule has 22 heavy (non-hydrogen) atoms. The number of urea groups is 1. The summed E-state index contributed by atoms with van der Waals surface area (Å²) in [7, 11) is 0. The van der Waals surface area contributed by atoms with Gasteiger partial charge in [0.2, 0.25) is 0 Å². The van der Waals surface area contributed by atoms with Crippen molar-refractivity contribution in [2.24, 2.45) is 5.92 Å². The maximum Gasteiger partial charge on any atom is 0.315 e. The summed E-state index contributed by atoms with van der Waals surface area (Å²) in [5, 5.41) is 12.4. The number of anilines is 1. The molecule has 1 aliphatic rings. The second-order valence-electron chi connectivity index (χ2n) is 5.58. The summed E-state index contributed by atoms with van der Waals surface area (Å²) in [5.41, 5.74) is 2.15. The Kier molecular flexibility index (Phi) is 4.58. The number of benzene rings is 1. The monoisotopic (exact) mass is 299 g/mol. The molecule has 1 atom stereocenters. The van der Waals surface area contributed by atoms with Crippen LogP contribution in [0.5, 0.6) is 0 Å². The number of para-hydroxylation sites is 1. The van der Waals surface area contributed by atoms with Crippen LogP contribution in [0.1, 0.15) is 12.1 Å². The average Bonchev–Trinajstić information content (AvgIpc) is 3.23. The van der Waals surface area contributed by atoms with Crippen molar-refractivity contribution in [1.29, 1.82) is 0 Å². The van der Waals surface area contributed by atoms with Gasteiger partial charge in [-0.1, -0.05) is 18.2 Å². The fraction of sp³-hybridized carbons (Fsp3) is 0.375. The normalized spacial score (nSPS) is 17.5. The van der Waals surface area contributed by atoms with Gasteiger partial charge in [-0.15, -0.1) is 0 Å². The molecule has 2 amide bonds. The number of aromatic amines is 1. The van der Waals surface area contributed by atoms with Crippen LogP contribution in [0.15, 0.2) is 42.6 Å². The second kappa shape index (κ2) is 6.98. The van der Waals surface area contributed by atoms with E-state index in [1.165, 1.54) is 5.69 Å². The van der Waals surface area contributed by atoms with Crippen LogP contribution in [0, 0.1) is 5.92 Å². The van der Waals surface area contributed by atoms with Gasteiger partial charge in [0.05, 0.1) is 12.2 Å². The molecule has 0 spiro atoms. The van der Waals surface area contributed by atoms with Gasteiger partial charge in [-0.25, -0.2) is 4.79 Å². The van der Waals surface area contributed by atoms with E-state index in [2.05, 4.69) is 50.0 Å². The summed E-state index contributed by atoms with van der Waals surface area (Å²) in [6.07, 6.45) is 2.78. The Hall–Kier alpha value is -2.50.